The molecule has 0 saturated carbocycles. The van der Waals surface area contributed by atoms with Gasteiger partial charge in [-0.1, -0.05) is 12.1 Å². The molecule has 2 atom stereocenters. The van der Waals surface area contributed by atoms with Crippen LogP contribution in [0.25, 0.3) is 5.69 Å². The Morgan fingerprint density at radius 2 is 1.96 bits per heavy atom. The molecule has 2 heterocycles. The van der Waals surface area contributed by atoms with E-state index in [9.17, 15) is 5.11 Å². The Hall–Kier alpha value is -1.83. The van der Waals surface area contributed by atoms with Crippen molar-refractivity contribution in [3.63, 3.8) is 0 Å². The van der Waals surface area contributed by atoms with E-state index >= 15 is 0 Å². The lowest BCUT2D eigenvalue weighted by molar-refractivity contribution is 0.121. The molecule has 7 nitrogen and oxygen atoms in total. The maximum atomic E-state index is 10.1. The van der Waals surface area contributed by atoms with Crippen LogP contribution in [0.3, 0.4) is 0 Å². The summed E-state index contributed by atoms with van der Waals surface area (Å²) >= 11 is 0. The lowest BCUT2D eigenvalue weighted by Gasteiger charge is -2.22. The van der Waals surface area contributed by atoms with Gasteiger partial charge in [-0.25, -0.2) is 4.68 Å². The van der Waals surface area contributed by atoms with Crippen molar-refractivity contribution in [2.45, 2.75) is 31.9 Å². The van der Waals surface area contributed by atoms with Crippen molar-refractivity contribution < 1.29 is 5.11 Å². The predicted molar refractivity (Wildman–Crippen MR) is 87.3 cm³/mol. The van der Waals surface area contributed by atoms with Crippen molar-refractivity contribution in [1.82, 2.24) is 30.4 Å². The van der Waals surface area contributed by atoms with Crippen LogP contribution in [0.2, 0.25) is 0 Å². The summed E-state index contributed by atoms with van der Waals surface area (Å²) in [5, 5.41) is 24.7. The van der Waals surface area contributed by atoms with E-state index in [0.29, 0.717) is 6.54 Å². The number of nitrogens with one attached hydrogen (secondary N) is 1. The van der Waals surface area contributed by atoms with Gasteiger partial charge < -0.3 is 15.3 Å². The molecule has 1 aromatic carbocycles. The first-order valence-electron chi connectivity index (χ1n) is 8.19. The molecule has 0 aliphatic carbocycles. The molecular weight excluding hydrogens is 292 g/mol. The molecule has 124 valence electrons. The summed E-state index contributed by atoms with van der Waals surface area (Å²) in [5.41, 5.74) is 2.11. The van der Waals surface area contributed by atoms with Crippen LogP contribution in [-0.4, -0.2) is 62.5 Å². The van der Waals surface area contributed by atoms with Crippen LogP contribution in [0.15, 0.2) is 30.6 Å². The number of aromatic nitrogens is 4. The number of aliphatic hydroxyl groups excluding tert-OH is 1. The van der Waals surface area contributed by atoms with Crippen molar-refractivity contribution >= 4 is 0 Å². The number of likely N-dealkylation sites (tertiary alicyclic amines) is 1. The van der Waals surface area contributed by atoms with Crippen LogP contribution < -0.4 is 5.32 Å². The van der Waals surface area contributed by atoms with Crippen LogP contribution in [0, 0.1) is 0 Å². The van der Waals surface area contributed by atoms with Crippen molar-refractivity contribution in [1.29, 1.82) is 0 Å². The molecule has 0 radical (unpaired) electrons. The summed E-state index contributed by atoms with van der Waals surface area (Å²) in [6, 6.07) is 8.28. The number of nitrogens with zero attached hydrogens (tertiary/aromatic N) is 5. The Morgan fingerprint density at radius 1 is 1.22 bits per heavy atom. The molecule has 1 aromatic heterocycles. The largest absolute Gasteiger partial charge is 0.390 e. The molecule has 2 N–H and O–H groups in total. The minimum atomic E-state index is -0.323. The van der Waals surface area contributed by atoms with Gasteiger partial charge in [0.2, 0.25) is 0 Å². The third-order valence-electron chi connectivity index (χ3n) is 4.33. The second-order valence-corrected chi connectivity index (χ2v) is 6.14. The number of tetrazole rings is 1. The zero-order chi connectivity index (χ0) is 16.1. The van der Waals surface area contributed by atoms with Gasteiger partial charge in [0.1, 0.15) is 6.33 Å². The first kappa shape index (κ1) is 16.0. The van der Waals surface area contributed by atoms with E-state index in [2.05, 4.69) is 44.8 Å². The molecule has 2 aromatic rings. The van der Waals surface area contributed by atoms with Gasteiger partial charge in [0.05, 0.1) is 11.8 Å². The summed E-state index contributed by atoms with van der Waals surface area (Å²) in [5.74, 6) is 0. The number of β-amino-alcohol motifs (C(OH)–C–C–N with tert-alkyl or cyclic N) is 1. The van der Waals surface area contributed by atoms with Gasteiger partial charge in [-0.2, -0.15) is 0 Å². The first-order valence-corrected chi connectivity index (χ1v) is 8.19. The highest BCUT2D eigenvalue weighted by Gasteiger charge is 2.16. The highest BCUT2D eigenvalue weighted by atomic mass is 16.3. The Kier molecular flexibility index (Phi) is 5.32. The first-order chi connectivity index (χ1) is 11.2. The molecule has 2 unspecified atom stereocenters. The molecule has 23 heavy (non-hydrogen) atoms. The van der Waals surface area contributed by atoms with Gasteiger partial charge in [-0.3, -0.25) is 0 Å². The topological polar surface area (TPSA) is 79.1 Å². The predicted octanol–water partition coefficient (Wildman–Crippen LogP) is 0.770. The van der Waals surface area contributed by atoms with Gasteiger partial charge in [0.15, 0.2) is 0 Å². The highest BCUT2D eigenvalue weighted by molar-refractivity contribution is 5.34. The number of aliphatic hydroxyl groups is 1. The molecule has 0 amide bonds. The van der Waals surface area contributed by atoms with Crippen molar-refractivity contribution in [2.24, 2.45) is 0 Å². The standard InChI is InChI=1S/C16H24N6O/c1-13(17-10-16(23)11-21-8-2-3-9-21)14-4-6-15(7-5-14)22-12-18-19-20-22/h4-7,12-13,16-17,23H,2-3,8-11H2,1H3. The van der Waals surface area contributed by atoms with E-state index in [-0.39, 0.29) is 12.1 Å². The van der Waals surface area contributed by atoms with Gasteiger partial charge in [0.25, 0.3) is 0 Å². The monoisotopic (exact) mass is 316 g/mol. The second kappa shape index (κ2) is 7.63. The van der Waals surface area contributed by atoms with E-state index in [0.717, 1.165) is 25.3 Å². The Bertz CT molecular complexity index is 579. The fraction of sp³-hybridized carbons (Fsp3) is 0.562. The normalized spacial score (nSPS) is 18.2. The number of benzene rings is 1. The lowest BCUT2D eigenvalue weighted by Crippen LogP contribution is -2.37. The molecule has 1 saturated heterocycles. The van der Waals surface area contributed by atoms with E-state index in [1.807, 2.05) is 12.1 Å². The van der Waals surface area contributed by atoms with Crippen LogP contribution in [-0.2, 0) is 0 Å². The van der Waals surface area contributed by atoms with Crippen LogP contribution in [0.5, 0.6) is 0 Å². The summed E-state index contributed by atoms with van der Waals surface area (Å²) < 4.78 is 1.63. The van der Waals surface area contributed by atoms with E-state index in [1.54, 1.807) is 11.0 Å². The minimum Gasteiger partial charge on any atom is -0.390 e. The summed E-state index contributed by atoms with van der Waals surface area (Å²) in [6.45, 7) is 5.70. The fourth-order valence-corrected chi connectivity index (χ4v) is 2.95. The Balaban J connectivity index is 1.48. The highest BCUT2D eigenvalue weighted by Crippen LogP contribution is 2.15. The van der Waals surface area contributed by atoms with Gasteiger partial charge >= 0.3 is 0 Å². The number of hydrogen-bond donors (Lipinski definition) is 2. The maximum Gasteiger partial charge on any atom is 0.143 e. The van der Waals surface area contributed by atoms with Gasteiger partial charge in [-0.15, -0.1) is 5.10 Å². The smallest absolute Gasteiger partial charge is 0.143 e. The maximum absolute atomic E-state index is 10.1. The quantitative estimate of drug-likeness (QED) is 0.785. The Morgan fingerprint density at radius 3 is 2.61 bits per heavy atom. The van der Waals surface area contributed by atoms with Crippen molar-refractivity contribution in [3.8, 4) is 5.69 Å². The average Bonchev–Trinajstić information content (AvgIpc) is 3.26. The summed E-state index contributed by atoms with van der Waals surface area (Å²) in [4.78, 5) is 2.33. The van der Waals surface area contributed by atoms with Gasteiger partial charge in [-0.05, 0) is 61.0 Å². The minimum absolute atomic E-state index is 0.186. The average molecular weight is 316 g/mol. The SMILES string of the molecule is CC(NCC(O)CN1CCCC1)c1ccc(-n2cnnn2)cc1. The van der Waals surface area contributed by atoms with E-state index < -0.39 is 0 Å². The van der Waals surface area contributed by atoms with Crippen LogP contribution in [0.4, 0.5) is 0 Å². The van der Waals surface area contributed by atoms with Crippen molar-refractivity contribution in [3.05, 3.63) is 36.2 Å². The molecule has 3 rings (SSSR count). The molecular formula is C16H24N6O. The number of rotatable bonds is 7. The molecule has 1 aliphatic heterocycles. The van der Waals surface area contributed by atoms with Crippen LogP contribution >= 0.6 is 0 Å². The molecule has 1 fully saturated rings. The molecule has 7 heteroatoms. The second-order valence-electron chi connectivity index (χ2n) is 6.14. The molecule has 1 aliphatic rings. The zero-order valence-electron chi connectivity index (χ0n) is 13.5. The Labute approximate surface area is 136 Å². The summed E-state index contributed by atoms with van der Waals surface area (Å²) in [7, 11) is 0. The van der Waals surface area contributed by atoms with Crippen LogP contribution in [0.1, 0.15) is 31.4 Å². The third-order valence-corrected chi connectivity index (χ3v) is 4.33. The summed E-state index contributed by atoms with van der Waals surface area (Å²) in [6.07, 6.45) is 3.76. The van der Waals surface area contributed by atoms with Gasteiger partial charge in [0, 0.05) is 19.1 Å². The molecule has 0 bridgehead atoms. The third kappa shape index (κ3) is 4.34. The van der Waals surface area contributed by atoms with E-state index in [1.165, 1.54) is 18.4 Å². The fourth-order valence-electron chi connectivity index (χ4n) is 2.95. The lowest BCUT2D eigenvalue weighted by atomic mass is 10.1. The zero-order valence-corrected chi connectivity index (χ0v) is 13.5. The molecule has 0 spiro atoms. The van der Waals surface area contributed by atoms with Crippen molar-refractivity contribution in [2.75, 3.05) is 26.2 Å². The van der Waals surface area contributed by atoms with E-state index in [4.69, 9.17) is 0 Å². The number of hydrogen-bond acceptors (Lipinski definition) is 6.